The molecule has 2 amide bonds. The summed E-state index contributed by atoms with van der Waals surface area (Å²) in [4.78, 5) is 25.0. The molecule has 0 aliphatic carbocycles. The van der Waals surface area contributed by atoms with Crippen LogP contribution < -0.4 is 10.6 Å². The third-order valence-corrected chi connectivity index (χ3v) is 5.49. The molecule has 2 aliphatic rings. The van der Waals surface area contributed by atoms with Crippen LogP contribution in [-0.4, -0.2) is 63.1 Å². The largest absolute Gasteiger partial charge is 0.479 e. The summed E-state index contributed by atoms with van der Waals surface area (Å²) in [5.41, 5.74) is 7.97. The van der Waals surface area contributed by atoms with Crippen LogP contribution in [0.1, 0.15) is 17.2 Å². The number of rotatable bonds is 3. The van der Waals surface area contributed by atoms with E-state index < -0.39 is 48.8 Å². The number of primary amides is 1. The second kappa shape index (κ2) is 8.25. The van der Waals surface area contributed by atoms with Gasteiger partial charge in [-0.05, 0) is 17.7 Å². The minimum Gasteiger partial charge on any atom is -0.479 e. The maximum Gasteiger partial charge on any atom is 0.335 e. The van der Waals surface area contributed by atoms with Gasteiger partial charge in [-0.3, -0.25) is 4.90 Å². The number of fused-ring (bicyclic) bond motifs is 2. The summed E-state index contributed by atoms with van der Waals surface area (Å²) >= 11 is 0. The zero-order valence-corrected chi connectivity index (χ0v) is 16.2. The minimum absolute atomic E-state index is 0.250. The third kappa shape index (κ3) is 3.75. The van der Waals surface area contributed by atoms with Gasteiger partial charge in [0.25, 0.3) is 0 Å². The van der Waals surface area contributed by atoms with Crippen molar-refractivity contribution in [2.45, 2.75) is 43.2 Å². The Balaban J connectivity index is 1.74. The first-order valence-corrected chi connectivity index (χ1v) is 9.64. The molecule has 164 valence electrons. The van der Waals surface area contributed by atoms with E-state index in [-0.39, 0.29) is 6.42 Å². The molecule has 10 nitrogen and oxygen atoms in total. The predicted octanol–water partition coefficient (Wildman–Crippen LogP) is 0.409. The number of amides is 2. The number of hydrogen-bond donors (Lipinski definition) is 5. The second-order valence-electron chi connectivity index (χ2n) is 7.43. The van der Waals surface area contributed by atoms with E-state index in [9.17, 15) is 30.0 Å². The van der Waals surface area contributed by atoms with Gasteiger partial charge in [0.05, 0.1) is 17.5 Å². The molecule has 0 saturated carbocycles. The van der Waals surface area contributed by atoms with E-state index in [1.54, 1.807) is 48.5 Å². The molecule has 2 aliphatic heterocycles. The molecule has 1 saturated heterocycles. The number of urea groups is 1. The van der Waals surface area contributed by atoms with Crippen molar-refractivity contribution in [2.24, 2.45) is 5.73 Å². The molecule has 0 bridgehead atoms. The topological polar surface area (TPSA) is 163 Å². The molecule has 6 atom stereocenters. The molecule has 2 heterocycles. The number of ether oxygens (including phenoxy) is 2. The maximum absolute atomic E-state index is 12.3. The highest BCUT2D eigenvalue weighted by Gasteiger charge is 2.48. The van der Waals surface area contributed by atoms with Crippen LogP contribution in [0.15, 0.2) is 48.5 Å². The lowest BCUT2D eigenvalue weighted by atomic mass is 9.98. The van der Waals surface area contributed by atoms with Crippen LogP contribution in [0.3, 0.4) is 0 Å². The fourth-order valence-corrected chi connectivity index (χ4v) is 3.99. The highest BCUT2D eigenvalue weighted by molar-refractivity contribution is 6.00. The molecule has 0 spiro atoms. The van der Waals surface area contributed by atoms with Crippen LogP contribution in [0.4, 0.5) is 16.2 Å². The zero-order valence-electron chi connectivity index (χ0n) is 16.2. The summed E-state index contributed by atoms with van der Waals surface area (Å²) in [6.07, 6.45) is -9.14. The van der Waals surface area contributed by atoms with E-state index in [1.807, 2.05) is 0 Å². The van der Waals surface area contributed by atoms with Crippen molar-refractivity contribution < 1.29 is 39.5 Å². The van der Waals surface area contributed by atoms with Crippen molar-refractivity contribution in [2.75, 3.05) is 4.90 Å². The first-order valence-electron chi connectivity index (χ1n) is 9.64. The molecule has 6 N–H and O–H groups in total. The number of aliphatic carboxylic acids is 1. The summed E-state index contributed by atoms with van der Waals surface area (Å²) in [7, 11) is 0. The smallest absolute Gasteiger partial charge is 0.335 e. The number of para-hydroxylation sites is 2. The van der Waals surface area contributed by atoms with Gasteiger partial charge in [-0.2, -0.15) is 0 Å². The van der Waals surface area contributed by atoms with E-state index in [0.717, 1.165) is 5.56 Å². The Morgan fingerprint density at radius 1 is 0.968 bits per heavy atom. The molecule has 2 aromatic rings. The minimum atomic E-state index is -1.82. The highest BCUT2D eigenvalue weighted by Crippen LogP contribution is 2.42. The van der Waals surface area contributed by atoms with Crippen LogP contribution in [0.5, 0.6) is 0 Å². The number of nitrogens with two attached hydrogens (primary N) is 1. The standard InChI is InChI=1S/C21H22N2O8/c22-21(29)23-12-7-3-1-5-10(12)9-14(11-6-2-4-8-13(11)23)30-20-17(26)15(24)16(25)18(31-20)19(27)28/h1-8,14-18,20,24-26H,9H2,(H2,22,29)(H,27,28)/t14?,15-,16-,17+,18-,20+/m0/s1. The molecular weight excluding hydrogens is 408 g/mol. The van der Waals surface area contributed by atoms with Crippen LogP contribution in [0, 0.1) is 0 Å². The Bertz CT molecular complexity index is 999. The Labute approximate surface area is 177 Å². The van der Waals surface area contributed by atoms with E-state index >= 15 is 0 Å². The molecule has 1 fully saturated rings. The van der Waals surface area contributed by atoms with Gasteiger partial charge in [-0.1, -0.05) is 36.4 Å². The number of anilines is 2. The van der Waals surface area contributed by atoms with Gasteiger partial charge in [0, 0.05) is 12.0 Å². The molecule has 0 aromatic heterocycles. The Morgan fingerprint density at radius 3 is 2.29 bits per heavy atom. The van der Waals surface area contributed by atoms with Gasteiger partial charge in [0.15, 0.2) is 12.4 Å². The van der Waals surface area contributed by atoms with Crippen molar-refractivity contribution in [3.63, 3.8) is 0 Å². The average Bonchev–Trinajstić information content (AvgIpc) is 2.88. The Kier molecular flexibility index (Phi) is 5.65. The first-order chi connectivity index (χ1) is 14.8. The van der Waals surface area contributed by atoms with Crippen LogP contribution in [0.25, 0.3) is 0 Å². The molecule has 4 rings (SSSR count). The lowest BCUT2D eigenvalue weighted by Crippen LogP contribution is -2.60. The highest BCUT2D eigenvalue weighted by atomic mass is 16.7. The van der Waals surface area contributed by atoms with E-state index in [1.165, 1.54) is 4.90 Å². The summed E-state index contributed by atoms with van der Waals surface area (Å²) in [6, 6.07) is 13.3. The van der Waals surface area contributed by atoms with E-state index in [0.29, 0.717) is 16.9 Å². The van der Waals surface area contributed by atoms with Gasteiger partial charge in [0.1, 0.15) is 18.3 Å². The monoisotopic (exact) mass is 430 g/mol. The fraction of sp³-hybridized carbons (Fsp3) is 0.333. The quantitative estimate of drug-likeness (QED) is 0.467. The summed E-state index contributed by atoms with van der Waals surface area (Å²) in [5, 5.41) is 39.6. The molecule has 10 heteroatoms. The van der Waals surface area contributed by atoms with Crippen molar-refractivity contribution in [1.29, 1.82) is 0 Å². The Hall–Kier alpha value is -3.02. The van der Waals surface area contributed by atoms with Gasteiger partial charge in [-0.15, -0.1) is 0 Å². The van der Waals surface area contributed by atoms with Gasteiger partial charge in [0.2, 0.25) is 0 Å². The lowest BCUT2D eigenvalue weighted by Gasteiger charge is -2.39. The number of aliphatic hydroxyl groups excluding tert-OH is 3. The molecule has 31 heavy (non-hydrogen) atoms. The van der Waals surface area contributed by atoms with Gasteiger partial charge in [-0.25, -0.2) is 9.59 Å². The third-order valence-electron chi connectivity index (χ3n) is 5.49. The van der Waals surface area contributed by atoms with Crippen LogP contribution in [0.2, 0.25) is 0 Å². The Morgan fingerprint density at radius 2 is 1.61 bits per heavy atom. The van der Waals surface area contributed by atoms with Crippen molar-refractivity contribution in [3.05, 3.63) is 59.7 Å². The predicted molar refractivity (Wildman–Crippen MR) is 106 cm³/mol. The van der Waals surface area contributed by atoms with Crippen LogP contribution >= 0.6 is 0 Å². The number of carboxylic acid groups (broad SMARTS) is 1. The number of aliphatic hydroxyl groups is 3. The van der Waals surface area contributed by atoms with Gasteiger partial charge < -0.3 is 35.6 Å². The molecule has 2 aromatic carbocycles. The number of nitrogens with zero attached hydrogens (tertiary/aromatic N) is 1. The van der Waals surface area contributed by atoms with Crippen molar-refractivity contribution in [1.82, 2.24) is 0 Å². The number of benzene rings is 2. The zero-order chi connectivity index (χ0) is 22.3. The van der Waals surface area contributed by atoms with E-state index in [2.05, 4.69) is 0 Å². The second-order valence-corrected chi connectivity index (χ2v) is 7.43. The normalized spacial score (nSPS) is 30.1. The molecular formula is C21H22N2O8. The number of hydrogen-bond acceptors (Lipinski definition) is 7. The number of carbonyl (C=O) groups excluding carboxylic acids is 1. The van der Waals surface area contributed by atoms with Crippen molar-refractivity contribution >= 4 is 23.4 Å². The summed E-state index contributed by atoms with van der Waals surface area (Å²) in [6.45, 7) is 0. The number of carbonyl (C=O) groups is 2. The van der Waals surface area contributed by atoms with Crippen LogP contribution in [-0.2, 0) is 20.7 Å². The van der Waals surface area contributed by atoms with Gasteiger partial charge >= 0.3 is 12.0 Å². The van der Waals surface area contributed by atoms with Crippen molar-refractivity contribution in [3.8, 4) is 0 Å². The van der Waals surface area contributed by atoms with E-state index in [4.69, 9.17) is 15.2 Å². The lowest BCUT2D eigenvalue weighted by molar-refractivity contribution is -0.305. The number of carboxylic acids is 1. The molecule has 0 radical (unpaired) electrons. The summed E-state index contributed by atoms with van der Waals surface area (Å²) in [5.74, 6) is -1.50. The fourth-order valence-electron chi connectivity index (χ4n) is 3.99. The molecule has 1 unspecified atom stereocenters. The summed E-state index contributed by atoms with van der Waals surface area (Å²) < 4.78 is 11.2. The SMILES string of the molecule is NC(=O)N1c2ccccc2CC(O[C@@H]2O[C@H](C(=O)O)[C@@H](O)[C@H](O)[C@H]2O)c2ccccc21. The average molecular weight is 430 g/mol. The first kappa shape index (κ1) is 21.2. The maximum atomic E-state index is 12.3.